The SMILES string of the molecule is CC(CNC(=O)[C@H]1CCCNC1)c1nccs1. The molecule has 0 bridgehead atoms. The van der Waals surface area contributed by atoms with Crippen molar-refractivity contribution in [2.75, 3.05) is 19.6 Å². The van der Waals surface area contributed by atoms with Gasteiger partial charge in [-0.2, -0.15) is 0 Å². The number of rotatable bonds is 4. The van der Waals surface area contributed by atoms with E-state index in [1.54, 1.807) is 11.3 Å². The van der Waals surface area contributed by atoms with Gasteiger partial charge in [-0.15, -0.1) is 11.3 Å². The molecular formula is C12H19N3OS. The number of nitrogens with zero attached hydrogens (tertiary/aromatic N) is 1. The van der Waals surface area contributed by atoms with Gasteiger partial charge in [-0.3, -0.25) is 4.79 Å². The van der Waals surface area contributed by atoms with Crippen molar-refractivity contribution >= 4 is 17.2 Å². The zero-order chi connectivity index (χ0) is 12.1. The summed E-state index contributed by atoms with van der Waals surface area (Å²) in [6, 6.07) is 0. The Hall–Kier alpha value is -0.940. The summed E-state index contributed by atoms with van der Waals surface area (Å²) in [4.78, 5) is 16.2. The van der Waals surface area contributed by atoms with Crippen molar-refractivity contribution in [3.8, 4) is 0 Å². The fourth-order valence-corrected chi connectivity index (χ4v) is 2.74. The van der Waals surface area contributed by atoms with Gasteiger partial charge in [-0.25, -0.2) is 4.98 Å². The number of hydrogen-bond acceptors (Lipinski definition) is 4. The summed E-state index contributed by atoms with van der Waals surface area (Å²) in [5, 5.41) is 9.35. The third-order valence-corrected chi connectivity index (χ3v) is 4.13. The Bertz CT molecular complexity index is 347. The third-order valence-electron chi connectivity index (χ3n) is 3.12. The van der Waals surface area contributed by atoms with Crippen LogP contribution in [0.15, 0.2) is 11.6 Å². The molecule has 1 fully saturated rings. The summed E-state index contributed by atoms with van der Waals surface area (Å²) in [5.41, 5.74) is 0. The highest BCUT2D eigenvalue weighted by molar-refractivity contribution is 7.09. The molecule has 1 aromatic rings. The molecule has 94 valence electrons. The minimum absolute atomic E-state index is 0.146. The Labute approximate surface area is 106 Å². The van der Waals surface area contributed by atoms with E-state index < -0.39 is 0 Å². The number of carbonyl (C=O) groups excluding carboxylic acids is 1. The van der Waals surface area contributed by atoms with Crippen LogP contribution in [0, 0.1) is 5.92 Å². The maximum absolute atomic E-state index is 11.9. The smallest absolute Gasteiger partial charge is 0.224 e. The molecule has 1 aliphatic heterocycles. The van der Waals surface area contributed by atoms with Crippen molar-refractivity contribution in [1.82, 2.24) is 15.6 Å². The van der Waals surface area contributed by atoms with Gasteiger partial charge in [0.1, 0.15) is 0 Å². The van der Waals surface area contributed by atoms with Gasteiger partial charge in [0.15, 0.2) is 0 Å². The molecule has 0 radical (unpaired) electrons. The minimum Gasteiger partial charge on any atom is -0.355 e. The maximum Gasteiger partial charge on any atom is 0.224 e. The Morgan fingerprint density at radius 2 is 2.65 bits per heavy atom. The first-order valence-corrected chi connectivity index (χ1v) is 7.03. The van der Waals surface area contributed by atoms with Crippen molar-refractivity contribution in [1.29, 1.82) is 0 Å². The van der Waals surface area contributed by atoms with Gasteiger partial charge in [-0.05, 0) is 19.4 Å². The topological polar surface area (TPSA) is 54.0 Å². The van der Waals surface area contributed by atoms with E-state index in [2.05, 4.69) is 22.5 Å². The number of hydrogen-bond donors (Lipinski definition) is 2. The van der Waals surface area contributed by atoms with Gasteiger partial charge in [0.2, 0.25) is 5.91 Å². The lowest BCUT2D eigenvalue weighted by Crippen LogP contribution is -2.41. The lowest BCUT2D eigenvalue weighted by Gasteiger charge is -2.22. The van der Waals surface area contributed by atoms with Gasteiger partial charge >= 0.3 is 0 Å². The molecule has 1 unspecified atom stereocenters. The highest BCUT2D eigenvalue weighted by atomic mass is 32.1. The fourth-order valence-electron chi connectivity index (χ4n) is 2.04. The number of aromatic nitrogens is 1. The van der Waals surface area contributed by atoms with Crippen molar-refractivity contribution in [3.05, 3.63) is 16.6 Å². The molecule has 1 aliphatic rings. The summed E-state index contributed by atoms with van der Waals surface area (Å²) in [6.07, 6.45) is 3.91. The Morgan fingerprint density at radius 3 is 3.29 bits per heavy atom. The molecule has 2 N–H and O–H groups in total. The largest absolute Gasteiger partial charge is 0.355 e. The number of nitrogens with one attached hydrogen (secondary N) is 2. The highest BCUT2D eigenvalue weighted by Gasteiger charge is 2.21. The minimum atomic E-state index is 0.146. The van der Waals surface area contributed by atoms with Crippen LogP contribution in [-0.4, -0.2) is 30.5 Å². The lowest BCUT2D eigenvalue weighted by atomic mass is 9.98. The van der Waals surface area contributed by atoms with Crippen molar-refractivity contribution in [3.63, 3.8) is 0 Å². The molecule has 1 saturated heterocycles. The number of piperidine rings is 1. The van der Waals surface area contributed by atoms with Crippen molar-refractivity contribution in [2.45, 2.75) is 25.7 Å². The molecule has 1 amide bonds. The molecule has 5 heteroatoms. The maximum atomic E-state index is 11.9. The molecule has 4 nitrogen and oxygen atoms in total. The van der Waals surface area contributed by atoms with Crippen LogP contribution in [0.3, 0.4) is 0 Å². The average Bonchev–Trinajstić information content (AvgIpc) is 2.90. The van der Waals surface area contributed by atoms with E-state index in [-0.39, 0.29) is 11.8 Å². The lowest BCUT2D eigenvalue weighted by molar-refractivity contribution is -0.125. The molecule has 0 aromatic carbocycles. The summed E-state index contributed by atoms with van der Waals surface area (Å²) < 4.78 is 0. The number of thiazole rings is 1. The quantitative estimate of drug-likeness (QED) is 0.852. The van der Waals surface area contributed by atoms with E-state index in [1.807, 2.05) is 11.6 Å². The second kappa shape index (κ2) is 6.12. The van der Waals surface area contributed by atoms with Gasteiger partial charge in [0, 0.05) is 30.6 Å². The van der Waals surface area contributed by atoms with Crippen LogP contribution in [0.25, 0.3) is 0 Å². The first-order chi connectivity index (χ1) is 8.27. The van der Waals surface area contributed by atoms with E-state index in [4.69, 9.17) is 0 Å². The van der Waals surface area contributed by atoms with E-state index in [0.29, 0.717) is 12.5 Å². The Balaban J connectivity index is 1.75. The summed E-state index contributed by atoms with van der Waals surface area (Å²) >= 11 is 1.64. The Kier molecular flexibility index (Phi) is 4.50. The number of carbonyl (C=O) groups is 1. The molecule has 1 aromatic heterocycles. The molecule has 0 saturated carbocycles. The predicted octanol–water partition coefficient (Wildman–Crippen LogP) is 1.36. The monoisotopic (exact) mass is 253 g/mol. The summed E-state index contributed by atoms with van der Waals surface area (Å²) in [5.74, 6) is 0.628. The van der Waals surface area contributed by atoms with Crippen molar-refractivity contribution < 1.29 is 4.79 Å². The van der Waals surface area contributed by atoms with Gasteiger partial charge in [0.05, 0.1) is 10.9 Å². The molecule has 2 heterocycles. The molecule has 17 heavy (non-hydrogen) atoms. The first kappa shape index (κ1) is 12.5. The molecule has 0 aliphatic carbocycles. The Morgan fingerprint density at radius 1 is 1.76 bits per heavy atom. The number of amides is 1. The molecule has 2 atom stereocenters. The molecule has 2 rings (SSSR count). The second-order valence-corrected chi connectivity index (χ2v) is 5.49. The summed E-state index contributed by atoms with van der Waals surface area (Å²) in [6.45, 7) is 4.64. The van der Waals surface area contributed by atoms with Crippen LogP contribution in [0.1, 0.15) is 30.7 Å². The van der Waals surface area contributed by atoms with E-state index in [1.165, 1.54) is 0 Å². The van der Waals surface area contributed by atoms with Crippen LogP contribution in [0.2, 0.25) is 0 Å². The van der Waals surface area contributed by atoms with Crippen LogP contribution < -0.4 is 10.6 Å². The first-order valence-electron chi connectivity index (χ1n) is 6.15. The average molecular weight is 253 g/mol. The van der Waals surface area contributed by atoms with Gasteiger partial charge in [0.25, 0.3) is 0 Å². The zero-order valence-corrected chi connectivity index (χ0v) is 10.9. The standard InChI is InChI=1S/C12H19N3OS/c1-9(12-14-5-6-17-12)7-15-11(16)10-3-2-4-13-8-10/h5-6,9-10,13H,2-4,7-8H2,1H3,(H,15,16)/t9?,10-/m0/s1. The highest BCUT2D eigenvalue weighted by Crippen LogP contribution is 2.17. The third kappa shape index (κ3) is 3.51. The second-order valence-electron chi connectivity index (χ2n) is 4.56. The van der Waals surface area contributed by atoms with E-state index in [9.17, 15) is 4.79 Å². The zero-order valence-electron chi connectivity index (χ0n) is 10.1. The van der Waals surface area contributed by atoms with Crippen LogP contribution in [0.4, 0.5) is 0 Å². The van der Waals surface area contributed by atoms with Gasteiger partial charge < -0.3 is 10.6 Å². The normalized spacial score (nSPS) is 22.1. The van der Waals surface area contributed by atoms with Crippen molar-refractivity contribution in [2.24, 2.45) is 5.92 Å². The predicted molar refractivity (Wildman–Crippen MR) is 69.1 cm³/mol. The van der Waals surface area contributed by atoms with Crippen LogP contribution in [-0.2, 0) is 4.79 Å². The molecular weight excluding hydrogens is 234 g/mol. The summed E-state index contributed by atoms with van der Waals surface area (Å²) in [7, 11) is 0. The molecule has 0 spiro atoms. The van der Waals surface area contributed by atoms with E-state index >= 15 is 0 Å². The fraction of sp³-hybridized carbons (Fsp3) is 0.667. The van der Waals surface area contributed by atoms with Crippen LogP contribution in [0.5, 0.6) is 0 Å². The van der Waals surface area contributed by atoms with Gasteiger partial charge in [-0.1, -0.05) is 6.92 Å². The van der Waals surface area contributed by atoms with Crippen LogP contribution >= 0.6 is 11.3 Å². The van der Waals surface area contributed by atoms with E-state index in [0.717, 1.165) is 30.9 Å².